The van der Waals surface area contributed by atoms with E-state index in [-0.39, 0.29) is 0 Å². The van der Waals surface area contributed by atoms with E-state index in [0.717, 1.165) is 22.3 Å². The fourth-order valence-electron chi connectivity index (χ4n) is 1.35. The van der Waals surface area contributed by atoms with Crippen LogP contribution in [0.1, 0.15) is 25.1 Å². The van der Waals surface area contributed by atoms with E-state index in [1.54, 1.807) is 6.92 Å². The molecule has 1 heterocycles. The van der Waals surface area contributed by atoms with Crippen LogP contribution in [0.4, 0.5) is 0 Å². The molecule has 104 valence electrons. The normalized spacial score (nSPS) is 13.7. The van der Waals surface area contributed by atoms with Gasteiger partial charge in [0.25, 0.3) is 0 Å². The summed E-state index contributed by atoms with van der Waals surface area (Å²) in [5, 5.41) is 4.62. The lowest BCUT2D eigenvalue weighted by atomic mass is 10.4. The standard InChI is InChI=1S/C11H19BrN2O2S2/c1-3-5-13-7-9(2)18(15,16)14-8-11-10(12)4-6-17-11/h4,6,9,13-14H,3,5,7-8H2,1-2H3. The van der Waals surface area contributed by atoms with Gasteiger partial charge in [0.15, 0.2) is 0 Å². The van der Waals surface area contributed by atoms with Gasteiger partial charge in [0, 0.05) is 22.4 Å². The van der Waals surface area contributed by atoms with Gasteiger partial charge in [-0.2, -0.15) is 0 Å². The van der Waals surface area contributed by atoms with Crippen LogP contribution in [0.3, 0.4) is 0 Å². The Morgan fingerprint density at radius 2 is 2.22 bits per heavy atom. The minimum absolute atomic E-state index is 0.346. The molecular weight excluding hydrogens is 336 g/mol. The second-order valence-corrected chi connectivity index (χ2v) is 8.11. The monoisotopic (exact) mass is 354 g/mol. The number of halogens is 1. The summed E-state index contributed by atoms with van der Waals surface area (Å²) < 4.78 is 27.5. The van der Waals surface area contributed by atoms with Gasteiger partial charge in [0.05, 0.1) is 5.25 Å². The fourth-order valence-corrected chi connectivity index (χ4v) is 3.84. The summed E-state index contributed by atoms with van der Waals surface area (Å²) in [6.45, 7) is 5.44. The van der Waals surface area contributed by atoms with Crippen LogP contribution in [0.2, 0.25) is 0 Å². The molecule has 0 aromatic carbocycles. The van der Waals surface area contributed by atoms with Gasteiger partial charge in [-0.15, -0.1) is 11.3 Å². The second-order valence-electron chi connectivity index (χ2n) is 4.07. The van der Waals surface area contributed by atoms with E-state index in [1.165, 1.54) is 11.3 Å². The number of sulfonamides is 1. The van der Waals surface area contributed by atoms with Crippen molar-refractivity contribution in [1.82, 2.24) is 10.0 Å². The maximum atomic E-state index is 12.0. The summed E-state index contributed by atoms with van der Waals surface area (Å²) in [6.07, 6.45) is 1.00. The van der Waals surface area contributed by atoms with Gasteiger partial charge in [-0.3, -0.25) is 0 Å². The van der Waals surface area contributed by atoms with Gasteiger partial charge in [-0.25, -0.2) is 13.1 Å². The van der Waals surface area contributed by atoms with Crippen molar-refractivity contribution >= 4 is 37.3 Å². The van der Waals surface area contributed by atoms with E-state index in [4.69, 9.17) is 0 Å². The van der Waals surface area contributed by atoms with Crippen LogP contribution >= 0.6 is 27.3 Å². The average Bonchev–Trinajstić information content (AvgIpc) is 2.72. The van der Waals surface area contributed by atoms with Gasteiger partial charge >= 0.3 is 0 Å². The summed E-state index contributed by atoms with van der Waals surface area (Å²) in [4.78, 5) is 0.993. The van der Waals surface area contributed by atoms with Crippen molar-refractivity contribution in [2.24, 2.45) is 0 Å². The maximum Gasteiger partial charge on any atom is 0.215 e. The molecule has 1 unspecified atom stereocenters. The number of thiophene rings is 1. The van der Waals surface area contributed by atoms with Crippen LogP contribution in [-0.4, -0.2) is 26.8 Å². The molecule has 0 aliphatic heterocycles. The van der Waals surface area contributed by atoms with Crippen molar-refractivity contribution in [1.29, 1.82) is 0 Å². The molecule has 0 aliphatic rings. The van der Waals surface area contributed by atoms with Crippen molar-refractivity contribution in [2.75, 3.05) is 13.1 Å². The van der Waals surface area contributed by atoms with Crippen molar-refractivity contribution in [3.8, 4) is 0 Å². The highest BCUT2D eigenvalue weighted by atomic mass is 79.9. The van der Waals surface area contributed by atoms with E-state index in [2.05, 4.69) is 32.9 Å². The largest absolute Gasteiger partial charge is 0.315 e. The van der Waals surface area contributed by atoms with Crippen molar-refractivity contribution in [3.05, 3.63) is 20.8 Å². The first-order valence-corrected chi connectivity index (χ1v) is 9.10. The summed E-state index contributed by atoms with van der Waals surface area (Å²) in [7, 11) is -3.26. The van der Waals surface area contributed by atoms with Crippen LogP contribution in [0.25, 0.3) is 0 Å². The lowest BCUT2D eigenvalue weighted by molar-refractivity contribution is 0.557. The molecule has 0 spiro atoms. The highest BCUT2D eigenvalue weighted by molar-refractivity contribution is 9.10. The van der Waals surface area contributed by atoms with E-state index < -0.39 is 15.3 Å². The summed E-state index contributed by atoms with van der Waals surface area (Å²) >= 11 is 4.92. The number of nitrogens with one attached hydrogen (secondary N) is 2. The van der Waals surface area contributed by atoms with Crippen LogP contribution in [0.5, 0.6) is 0 Å². The Morgan fingerprint density at radius 3 is 2.78 bits per heavy atom. The van der Waals surface area contributed by atoms with Gasteiger partial charge in [-0.05, 0) is 47.3 Å². The molecule has 1 rings (SSSR count). The first-order chi connectivity index (χ1) is 8.47. The molecule has 0 amide bonds. The highest BCUT2D eigenvalue weighted by Gasteiger charge is 2.20. The average molecular weight is 355 g/mol. The van der Waals surface area contributed by atoms with E-state index >= 15 is 0 Å². The van der Waals surface area contributed by atoms with Crippen LogP contribution < -0.4 is 10.0 Å². The predicted octanol–water partition coefficient (Wildman–Crippen LogP) is 2.32. The predicted molar refractivity (Wildman–Crippen MR) is 80.4 cm³/mol. The van der Waals surface area contributed by atoms with Crippen LogP contribution in [0.15, 0.2) is 15.9 Å². The molecule has 0 saturated heterocycles. The van der Waals surface area contributed by atoms with Crippen molar-refractivity contribution in [3.63, 3.8) is 0 Å². The Bertz CT molecular complexity index is 459. The maximum absolute atomic E-state index is 12.0. The zero-order valence-electron chi connectivity index (χ0n) is 10.6. The number of hydrogen-bond donors (Lipinski definition) is 2. The van der Waals surface area contributed by atoms with Crippen molar-refractivity contribution in [2.45, 2.75) is 32.1 Å². The van der Waals surface area contributed by atoms with Gasteiger partial charge < -0.3 is 5.32 Å². The molecule has 1 aromatic rings. The third-order valence-electron chi connectivity index (χ3n) is 2.51. The summed E-state index contributed by atoms with van der Waals surface area (Å²) in [6, 6.07) is 1.92. The van der Waals surface area contributed by atoms with Gasteiger partial charge in [0.1, 0.15) is 0 Å². The van der Waals surface area contributed by atoms with E-state index in [9.17, 15) is 8.42 Å². The molecule has 4 nitrogen and oxygen atoms in total. The van der Waals surface area contributed by atoms with Gasteiger partial charge in [0.2, 0.25) is 10.0 Å². The minimum Gasteiger partial charge on any atom is -0.315 e. The molecule has 0 radical (unpaired) electrons. The molecule has 0 fully saturated rings. The smallest absolute Gasteiger partial charge is 0.215 e. The molecule has 1 atom stereocenters. The topological polar surface area (TPSA) is 58.2 Å². The van der Waals surface area contributed by atoms with E-state index in [1.807, 2.05) is 11.4 Å². The molecule has 0 saturated carbocycles. The molecule has 1 aromatic heterocycles. The van der Waals surface area contributed by atoms with Crippen LogP contribution in [0, 0.1) is 0 Å². The van der Waals surface area contributed by atoms with E-state index in [0.29, 0.717) is 13.1 Å². The number of rotatable bonds is 8. The lowest BCUT2D eigenvalue weighted by Gasteiger charge is -2.14. The Morgan fingerprint density at radius 1 is 1.50 bits per heavy atom. The summed E-state index contributed by atoms with van der Waals surface area (Å²) in [5.41, 5.74) is 0. The van der Waals surface area contributed by atoms with Gasteiger partial charge in [-0.1, -0.05) is 6.92 Å². The quantitative estimate of drug-likeness (QED) is 0.704. The summed E-state index contributed by atoms with van der Waals surface area (Å²) in [5.74, 6) is 0. The highest BCUT2D eigenvalue weighted by Crippen LogP contribution is 2.22. The minimum atomic E-state index is -3.26. The SMILES string of the molecule is CCCNCC(C)S(=O)(=O)NCc1sccc1Br. The molecule has 7 heteroatoms. The number of hydrogen-bond acceptors (Lipinski definition) is 4. The third-order valence-corrected chi connectivity index (χ3v) is 6.21. The fraction of sp³-hybridized carbons (Fsp3) is 0.636. The first-order valence-electron chi connectivity index (χ1n) is 5.88. The third kappa shape index (κ3) is 4.97. The second kappa shape index (κ2) is 7.59. The Balaban J connectivity index is 2.46. The molecular formula is C11H19BrN2O2S2. The molecule has 0 aliphatic carbocycles. The zero-order chi connectivity index (χ0) is 13.6. The molecule has 2 N–H and O–H groups in total. The van der Waals surface area contributed by atoms with Crippen LogP contribution in [-0.2, 0) is 16.6 Å². The first kappa shape index (κ1) is 16.1. The Kier molecular flexibility index (Phi) is 6.79. The zero-order valence-corrected chi connectivity index (χ0v) is 13.8. The Hall–Kier alpha value is 0.0500. The molecule has 0 bridgehead atoms. The Labute approximate surface area is 121 Å². The lowest BCUT2D eigenvalue weighted by Crippen LogP contribution is -2.38. The molecule has 18 heavy (non-hydrogen) atoms. The van der Waals surface area contributed by atoms with Crippen molar-refractivity contribution < 1.29 is 8.42 Å².